The minimum Gasteiger partial charge on any atom is -0.475 e. The second-order valence-corrected chi connectivity index (χ2v) is 5.47. The summed E-state index contributed by atoms with van der Waals surface area (Å²) in [4.78, 5) is 2.38. The molecule has 19 heavy (non-hydrogen) atoms. The second kappa shape index (κ2) is 6.28. The number of aryl methyl sites for hydroxylation is 2. The summed E-state index contributed by atoms with van der Waals surface area (Å²) in [6.07, 6.45) is 4.82. The van der Waals surface area contributed by atoms with Crippen molar-refractivity contribution in [3.05, 3.63) is 5.69 Å². The van der Waals surface area contributed by atoms with E-state index in [1.165, 1.54) is 19.3 Å². The molecule has 0 bridgehead atoms. The van der Waals surface area contributed by atoms with Crippen LogP contribution in [0.5, 0.6) is 5.88 Å². The van der Waals surface area contributed by atoms with Crippen molar-refractivity contribution < 1.29 is 4.74 Å². The molecule has 1 aliphatic rings. The molecule has 2 rings (SSSR count). The summed E-state index contributed by atoms with van der Waals surface area (Å²) in [5, 5.41) is 4.44. The molecule has 1 saturated heterocycles. The number of piperidine rings is 1. The number of anilines is 1. The Bertz CT molecular complexity index is 416. The second-order valence-electron chi connectivity index (χ2n) is 5.47. The van der Waals surface area contributed by atoms with Crippen molar-refractivity contribution >= 4 is 5.69 Å². The Morgan fingerprint density at radius 3 is 2.89 bits per heavy atom. The molecule has 0 amide bonds. The molecular weight excluding hydrogens is 240 g/mol. The number of likely N-dealkylation sites (N-methyl/N-ethyl adjacent to an activating group) is 1. The van der Waals surface area contributed by atoms with Crippen LogP contribution in [-0.2, 0) is 6.54 Å². The smallest absolute Gasteiger partial charge is 0.236 e. The molecule has 0 radical (unpaired) electrons. The van der Waals surface area contributed by atoms with Gasteiger partial charge in [-0.05, 0) is 39.8 Å². The van der Waals surface area contributed by atoms with Crippen LogP contribution in [0.25, 0.3) is 0 Å². The van der Waals surface area contributed by atoms with Gasteiger partial charge in [-0.3, -0.25) is 0 Å². The maximum atomic E-state index is 6.06. The molecule has 1 fully saturated rings. The van der Waals surface area contributed by atoms with Gasteiger partial charge in [-0.1, -0.05) is 13.3 Å². The molecule has 0 aliphatic carbocycles. The van der Waals surface area contributed by atoms with Gasteiger partial charge >= 0.3 is 0 Å². The summed E-state index contributed by atoms with van der Waals surface area (Å²) in [5.74, 6) is 0.748. The quantitative estimate of drug-likeness (QED) is 0.886. The third kappa shape index (κ3) is 3.21. The monoisotopic (exact) mass is 266 g/mol. The van der Waals surface area contributed by atoms with Crippen LogP contribution in [-0.4, -0.2) is 40.9 Å². The zero-order chi connectivity index (χ0) is 13.8. The standard InChI is InChI=1S/C14H26N4O/c1-4-8-18-14(13(15)11(2)16-18)19-10-12-7-5-6-9-17(12)3/h12H,4-10,15H2,1-3H3. The number of rotatable bonds is 5. The molecule has 1 aliphatic heterocycles. The largest absolute Gasteiger partial charge is 0.475 e. The van der Waals surface area contributed by atoms with E-state index in [2.05, 4.69) is 24.0 Å². The number of hydrogen-bond acceptors (Lipinski definition) is 4. The van der Waals surface area contributed by atoms with E-state index in [-0.39, 0.29) is 0 Å². The molecule has 1 aromatic heterocycles. The Hall–Kier alpha value is -1.23. The highest BCUT2D eigenvalue weighted by Gasteiger charge is 2.21. The molecule has 2 N–H and O–H groups in total. The van der Waals surface area contributed by atoms with E-state index < -0.39 is 0 Å². The first-order chi connectivity index (χ1) is 9.13. The maximum absolute atomic E-state index is 6.06. The molecule has 0 aromatic carbocycles. The van der Waals surface area contributed by atoms with Gasteiger partial charge < -0.3 is 15.4 Å². The molecule has 2 heterocycles. The van der Waals surface area contributed by atoms with E-state index in [0.717, 1.165) is 31.1 Å². The highest BCUT2D eigenvalue weighted by molar-refractivity contribution is 5.52. The van der Waals surface area contributed by atoms with Crippen molar-refractivity contribution in [2.24, 2.45) is 0 Å². The van der Waals surface area contributed by atoms with Gasteiger partial charge in [-0.2, -0.15) is 5.10 Å². The lowest BCUT2D eigenvalue weighted by Gasteiger charge is -2.32. The van der Waals surface area contributed by atoms with Crippen molar-refractivity contribution in [1.29, 1.82) is 0 Å². The highest BCUT2D eigenvalue weighted by Crippen LogP contribution is 2.26. The maximum Gasteiger partial charge on any atom is 0.236 e. The van der Waals surface area contributed by atoms with Crippen LogP contribution in [0.4, 0.5) is 5.69 Å². The van der Waals surface area contributed by atoms with Gasteiger partial charge in [-0.15, -0.1) is 0 Å². The van der Waals surface area contributed by atoms with Gasteiger partial charge in [0.05, 0.1) is 5.69 Å². The Morgan fingerprint density at radius 2 is 2.21 bits per heavy atom. The zero-order valence-corrected chi connectivity index (χ0v) is 12.4. The topological polar surface area (TPSA) is 56.3 Å². The number of nitrogens with two attached hydrogens (primary N) is 1. The lowest BCUT2D eigenvalue weighted by atomic mass is 10.0. The number of nitrogen functional groups attached to an aromatic ring is 1. The summed E-state index contributed by atoms with van der Waals surface area (Å²) in [6.45, 7) is 6.78. The Balaban J connectivity index is 2.01. The molecule has 108 valence electrons. The lowest BCUT2D eigenvalue weighted by Crippen LogP contribution is -2.40. The van der Waals surface area contributed by atoms with Crippen molar-refractivity contribution in [2.75, 3.05) is 25.9 Å². The van der Waals surface area contributed by atoms with Crippen LogP contribution in [0.1, 0.15) is 38.3 Å². The predicted octanol–water partition coefficient (Wildman–Crippen LogP) is 2.05. The van der Waals surface area contributed by atoms with Crippen molar-refractivity contribution in [2.45, 2.75) is 52.1 Å². The number of nitrogens with zero attached hydrogens (tertiary/aromatic N) is 3. The first kappa shape index (κ1) is 14.2. The van der Waals surface area contributed by atoms with Gasteiger partial charge in [0.25, 0.3) is 0 Å². The van der Waals surface area contributed by atoms with Crippen LogP contribution in [0.3, 0.4) is 0 Å². The fraction of sp³-hybridized carbons (Fsp3) is 0.786. The van der Waals surface area contributed by atoms with Crippen LogP contribution >= 0.6 is 0 Å². The SMILES string of the molecule is CCCn1nc(C)c(N)c1OCC1CCCCN1C. The van der Waals surface area contributed by atoms with Crippen LogP contribution in [0.2, 0.25) is 0 Å². The third-order valence-corrected chi connectivity index (χ3v) is 3.89. The number of hydrogen-bond donors (Lipinski definition) is 1. The van der Waals surface area contributed by atoms with E-state index in [1.54, 1.807) is 0 Å². The van der Waals surface area contributed by atoms with Crippen molar-refractivity contribution in [3.63, 3.8) is 0 Å². The summed E-state index contributed by atoms with van der Waals surface area (Å²) < 4.78 is 7.88. The minimum absolute atomic E-state index is 0.499. The van der Waals surface area contributed by atoms with Gasteiger partial charge in [0, 0.05) is 12.6 Å². The van der Waals surface area contributed by atoms with Gasteiger partial charge in [-0.25, -0.2) is 4.68 Å². The van der Waals surface area contributed by atoms with E-state index in [9.17, 15) is 0 Å². The van der Waals surface area contributed by atoms with E-state index in [0.29, 0.717) is 18.3 Å². The van der Waals surface area contributed by atoms with Crippen molar-refractivity contribution in [3.8, 4) is 5.88 Å². The first-order valence-corrected chi connectivity index (χ1v) is 7.29. The molecule has 1 unspecified atom stereocenters. The Morgan fingerprint density at radius 1 is 1.42 bits per heavy atom. The lowest BCUT2D eigenvalue weighted by molar-refractivity contribution is 0.119. The Labute approximate surface area is 115 Å². The van der Waals surface area contributed by atoms with E-state index >= 15 is 0 Å². The van der Waals surface area contributed by atoms with Crippen LogP contribution in [0, 0.1) is 6.92 Å². The van der Waals surface area contributed by atoms with Crippen molar-refractivity contribution in [1.82, 2.24) is 14.7 Å². The number of ether oxygens (including phenoxy) is 1. The summed E-state index contributed by atoms with van der Waals surface area (Å²) >= 11 is 0. The summed E-state index contributed by atoms with van der Waals surface area (Å²) in [5.41, 5.74) is 7.61. The van der Waals surface area contributed by atoms with Gasteiger partial charge in [0.1, 0.15) is 12.3 Å². The fourth-order valence-electron chi connectivity index (χ4n) is 2.62. The fourth-order valence-corrected chi connectivity index (χ4v) is 2.62. The molecule has 1 atom stereocenters. The zero-order valence-electron chi connectivity index (χ0n) is 12.4. The third-order valence-electron chi connectivity index (χ3n) is 3.89. The van der Waals surface area contributed by atoms with Crippen LogP contribution < -0.4 is 10.5 Å². The predicted molar refractivity (Wildman–Crippen MR) is 77.4 cm³/mol. The number of likely N-dealkylation sites (tertiary alicyclic amines) is 1. The molecular formula is C14H26N4O. The van der Waals surface area contributed by atoms with Gasteiger partial charge in [0.15, 0.2) is 0 Å². The molecule has 1 aromatic rings. The molecule has 0 saturated carbocycles. The average molecular weight is 266 g/mol. The normalized spacial score (nSPS) is 20.7. The molecule has 5 nitrogen and oxygen atoms in total. The minimum atomic E-state index is 0.499. The summed E-state index contributed by atoms with van der Waals surface area (Å²) in [6, 6.07) is 0.499. The molecule has 0 spiro atoms. The number of aromatic nitrogens is 2. The summed E-state index contributed by atoms with van der Waals surface area (Å²) in [7, 11) is 2.17. The molecule has 5 heteroatoms. The van der Waals surface area contributed by atoms with Crippen LogP contribution in [0.15, 0.2) is 0 Å². The average Bonchev–Trinajstić information content (AvgIpc) is 2.65. The van der Waals surface area contributed by atoms with E-state index in [4.69, 9.17) is 10.5 Å². The Kier molecular flexibility index (Phi) is 4.69. The van der Waals surface area contributed by atoms with E-state index in [1.807, 2.05) is 11.6 Å². The first-order valence-electron chi connectivity index (χ1n) is 7.29. The van der Waals surface area contributed by atoms with Gasteiger partial charge in [0.2, 0.25) is 5.88 Å². The highest BCUT2D eigenvalue weighted by atomic mass is 16.5.